The van der Waals surface area contributed by atoms with Crippen molar-refractivity contribution < 1.29 is 9.59 Å². The van der Waals surface area contributed by atoms with Crippen molar-refractivity contribution in [3.05, 3.63) is 12.7 Å². The van der Waals surface area contributed by atoms with E-state index in [0.29, 0.717) is 19.4 Å². The van der Waals surface area contributed by atoms with E-state index in [0.717, 1.165) is 0 Å². The van der Waals surface area contributed by atoms with E-state index in [1.54, 1.807) is 6.08 Å². The molecule has 0 saturated carbocycles. The highest BCUT2D eigenvalue weighted by atomic mass is 16.2. The van der Waals surface area contributed by atoms with Gasteiger partial charge in [-0.25, -0.2) is 0 Å². The number of carbonyl (C=O) groups excluding carboxylic acids is 2. The zero-order chi connectivity index (χ0) is 11.0. The summed E-state index contributed by atoms with van der Waals surface area (Å²) in [6.07, 6.45) is 2.86. The lowest BCUT2D eigenvalue weighted by Crippen LogP contribution is -2.40. The first-order valence-electron chi connectivity index (χ1n) is 4.50. The van der Waals surface area contributed by atoms with Crippen LogP contribution in [0.15, 0.2) is 12.7 Å². The lowest BCUT2D eigenvalue weighted by atomic mass is 10.2. The van der Waals surface area contributed by atoms with Crippen LogP contribution in [0, 0.1) is 0 Å². The molecule has 1 atom stereocenters. The first kappa shape index (κ1) is 12.6. The predicted octanol–water partition coefficient (Wildman–Crippen LogP) is -0.728. The summed E-state index contributed by atoms with van der Waals surface area (Å²) in [6.45, 7) is 3.90. The first-order valence-corrected chi connectivity index (χ1v) is 4.50. The second-order valence-corrected chi connectivity index (χ2v) is 2.99. The van der Waals surface area contributed by atoms with Gasteiger partial charge in [-0.2, -0.15) is 0 Å². The number of hydrogen-bond donors (Lipinski definition) is 3. The van der Waals surface area contributed by atoms with Crippen LogP contribution in [0.2, 0.25) is 0 Å². The van der Waals surface area contributed by atoms with Gasteiger partial charge < -0.3 is 16.8 Å². The van der Waals surface area contributed by atoms with E-state index >= 15 is 0 Å². The molecule has 5 N–H and O–H groups in total. The molecule has 0 aromatic heterocycles. The van der Waals surface area contributed by atoms with Crippen molar-refractivity contribution in [2.45, 2.75) is 25.3 Å². The Labute approximate surface area is 83.5 Å². The van der Waals surface area contributed by atoms with Gasteiger partial charge >= 0.3 is 0 Å². The summed E-state index contributed by atoms with van der Waals surface area (Å²) in [7, 11) is 0. The third-order valence-corrected chi connectivity index (χ3v) is 1.66. The summed E-state index contributed by atoms with van der Waals surface area (Å²) < 4.78 is 0. The van der Waals surface area contributed by atoms with Crippen LogP contribution in [-0.4, -0.2) is 24.4 Å². The molecule has 0 radical (unpaired) electrons. The summed E-state index contributed by atoms with van der Waals surface area (Å²) in [5, 5.41) is 2.60. The fourth-order valence-corrected chi connectivity index (χ4v) is 0.892. The highest BCUT2D eigenvalue weighted by molar-refractivity contribution is 5.81. The molecule has 0 spiro atoms. The first-order chi connectivity index (χ1) is 6.57. The standard InChI is InChI=1S/C9H17N3O2/c1-2-4-7(10)9(14)12-6-3-5-8(11)13/h2,7H,1,3-6,10H2,(H2,11,13)(H,12,14). The van der Waals surface area contributed by atoms with E-state index in [1.165, 1.54) is 0 Å². The van der Waals surface area contributed by atoms with E-state index < -0.39 is 6.04 Å². The third kappa shape index (κ3) is 6.19. The van der Waals surface area contributed by atoms with Gasteiger partial charge in [-0.3, -0.25) is 9.59 Å². The molecule has 0 aromatic carbocycles. The van der Waals surface area contributed by atoms with Crippen LogP contribution in [0.4, 0.5) is 0 Å². The maximum atomic E-state index is 11.2. The zero-order valence-corrected chi connectivity index (χ0v) is 8.16. The van der Waals surface area contributed by atoms with E-state index in [-0.39, 0.29) is 18.2 Å². The zero-order valence-electron chi connectivity index (χ0n) is 8.16. The van der Waals surface area contributed by atoms with Crippen LogP contribution in [0.3, 0.4) is 0 Å². The molecule has 0 heterocycles. The minimum absolute atomic E-state index is 0.227. The van der Waals surface area contributed by atoms with E-state index in [1.807, 2.05) is 0 Å². The molecule has 0 aromatic rings. The molecule has 0 bridgehead atoms. The fraction of sp³-hybridized carbons (Fsp3) is 0.556. The number of nitrogens with one attached hydrogen (secondary N) is 1. The predicted molar refractivity (Wildman–Crippen MR) is 54.2 cm³/mol. The van der Waals surface area contributed by atoms with E-state index in [4.69, 9.17) is 11.5 Å². The Kier molecular flexibility index (Phi) is 6.39. The van der Waals surface area contributed by atoms with E-state index in [2.05, 4.69) is 11.9 Å². The Hall–Kier alpha value is -1.36. The monoisotopic (exact) mass is 199 g/mol. The highest BCUT2D eigenvalue weighted by Gasteiger charge is 2.10. The number of hydrogen-bond acceptors (Lipinski definition) is 3. The minimum Gasteiger partial charge on any atom is -0.370 e. The molecule has 0 saturated heterocycles. The Morgan fingerprint density at radius 3 is 2.64 bits per heavy atom. The maximum absolute atomic E-state index is 11.2. The fourth-order valence-electron chi connectivity index (χ4n) is 0.892. The number of primary amides is 1. The smallest absolute Gasteiger partial charge is 0.237 e. The van der Waals surface area contributed by atoms with E-state index in [9.17, 15) is 9.59 Å². The van der Waals surface area contributed by atoms with Crippen molar-refractivity contribution in [3.8, 4) is 0 Å². The van der Waals surface area contributed by atoms with Crippen molar-refractivity contribution >= 4 is 11.8 Å². The second kappa shape index (κ2) is 7.08. The van der Waals surface area contributed by atoms with Gasteiger partial charge in [0, 0.05) is 13.0 Å². The van der Waals surface area contributed by atoms with Crippen LogP contribution < -0.4 is 16.8 Å². The van der Waals surface area contributed by atoms with Gasteiger partial charge in [0.25, 0.3) is 0 Å². The summed E-state index contributed by atoms with van der Waals surface area (Å²) in [5.41, 5.74) is 10.4. The molecule has 0 rings (SSSR count). The van der Waals surface area contributed by atoms with Crippen molar-refractivity contribution in [2.24, 2.45) is 11.5 Å². The summed E-state index contributed by atoms with van der Waals surface area (Å²) in [6, 6.07) is -0.555. The van der Waals surface area contributed by atoms with Gasteiger partial charge in [-0.05, 0) is 12.8 Å². The highest BCUT2D eigenvalue weighted by Crippen LogP contribution is 1.90. The molecule has 1 unspecified atom stereocenters. The summed E-state index contributed by atoms with van der Waals surface area (Å²) in [4.78, 5) is 21.5. The molecule has 2 amide bonds. The SMILES string of the molecule is C=CCC(N)C(=O)NCCCC(N)=O. The number of amides is 2. The lowest BCUT2D eigenvalue weighted by molar-refractivity contribution is -0.122. The van der Waals surface area contributed by atoms with Gasteiger partial charge in [0.1, 0.15) is 0 Å². The van der Waals surface area contributed by atoms with Gasteiger partial charge in [0.05, 0.1) is 6.04 Å². The van der Waals surface area contributed by atoms with Crippen molar-refractivity contribution in [1.29, 1.82) is 0 Å². The van der Waals surface area contributed by atoms with Crippen LogP contribution >= 0.6 is 0 Å². The van der Waals surface area contributed by atoms with Gasteiger partial charge in [-0.1, -0.05) is 6.08 Å². The molecular formula is C9H17N3O2. The van der Waals surface area contributed by atoms with Crippen molar-refractivity contribution in [3.63, 3.8) is 0 Å². The molecule has 0 aliphatic carbocycles. The third-order valence-electron chi connectivity index (χ3n) is 1.66. The Morgan fingerprint density at radius 2 is 2.14 bits per heavy atom. The van der Waals surface area contributed by atoms with Crippen molar-refractivity contribution in [2.75, 3.05) is 6.54 Å². The number of carbonyl (C=O) groups is 2. The molecule has 80 valence electrons. The lowest BCUT2D eigenvalue weighted by Gasteiger charge is -2.09. The maximum Gasteiger partial charge on any atom is 0.237 e. The van der Waals surface area contributed by atoms with Gasteiger partial charge in [0.15, 0.2) is 0 Å². The van der Waals surface area contributed by atoms with Crippen LogP contribution in [0.5, 0.6) is 0 Å². The average molecular weight is 199 g/mol. The molecule has 0 aliphatic rings. The van der Waals surface area contributed by atoms with Gasteiger partial charge in [-0.15, -0.1) is 6.58 Å². The summed E-state index contributed by atoms with van der Waals surface area (Å²) >= 11 is 0. The van der Waals surface area contributed by atoms with Crippen molar-refractivity contribution in [1.82, 2.24) is 5.32 Å². The molecular weight excluding hydrogens is 182 g/mol. The Morgan fingerprint density at radius 1 is 1.50 bits per heavy atom. The normalized spacial score (nSPS) is 11.8. The Balaban J connectivity index is 3.53. The molecule has 5 nitrogen and oxygen atoms in total. The quantitative estimate of drug-likeness (QED) is 0.372. The van der Waals surface area contributed by atoms with Crippen LogP contribution in [0.25, 0.3) is 0 Å². The largest absolute Gasteiger partial charge is 0.370 e. The molecule has 0 fully saturated rings. The average Bonchev–Trinajstić information content (AvgIpc) is 2.12. The number of rotatable bonds is 7. The van der Waals surface area contributed by atoms with Gasteiger partial charge in [0.2, 0.25) is 11.8 Å². The molecule has 14 heavy (non-hydrogen) atoms. The van der Waals surface area contributed by atoms with Crippen LogP contribution in [-0.2, 0) is 9.59 Å². The molecule has 5 heteroatoms. The number of nitrogens with two attached hydrogens (primary N) is 2. The molecule has 0 aliphatic heterocycles. The topological polar surface area (TPSA) is 98.2 Å². The Bertz CT molecular complexity index is 216. The minimum atomic E-state index is -0.555. The second-order valence-electron chi connectivity index (χ2n) is 2.99. The van der Waals surface area contributed by atoms with Crippen LogP contribution in [0.1, 0.15) is 19.3 Å². The summed E-state index contributed by atoms with van der Waals surface area (Å²) in [5.74, 6) is -0.594.